The smallest absolute Gasteiger partial charge is 0.162 e. The molecule has 106 valence electrons. The van der Waals surface area contributed by atoms with Crippen LogP contribution in [0.25, 0.3) is 0 Å². The second kappa shape index (κ2) is 5.90. The van der Waals surface area contributed by atoms with Gasteiger partial charge < -0.3 is 19.7 Å². The molecule has 1 heterocycles. The van der Waals surface area contributed by atoms with Gasteiger partial charge in [-0.3, -0.25) is 0 Å². The first-order valence-corrected chi connectivity index (χ1v) is 6.73. The molecule has 0 bridgehead atoms. The average Bonchev–Trinajstić information content (AvgIpc) is 2.33. The SMILES string of the molecule is CN(C)Cc1ccccc1NC1COC(C)(C)OC1. The van der Waals surface area contributed by atoms with Crippen molar-refractivity contribution in [2.75, 3.05) is 32.6 Å². The van der Waals surface area contributed by atoms with Gasteiger partial charge in [-0.25, -0.2) is 0 Å². The van der Waals surface area contributed by atoms with Crippen molar-refractivity contribution in [3.63, 3.8) is 0 Å². The summed E-state index contributed by atoms with van der Waals surface area (Å²) < 4.78 is 11.4. The third-order valence-corrected chi connectivity index (χ3v) is 3.13. The molecule has 0 atom stereocenters. The largest absolute Gasteiger partial charge is 0.377 e. The highest BCUT2D eigenvalue weighted by molar-refractivity contribution is 5.51. The number of benzene rings is 1. The lowest BCUT2D eigenvalue weighted by atomic mass is 10.1. The van der Waals surface area contributed by atoms with Crippen molar-refractivity contribution < 1.29 is 9.47 Å². The van der Waals surface area contributed by atoms with Gasteiger partial charge in [-0.1, -0.05) is 18.2 Å². The Hall–Kier alpha value is -1.10. The Morgan fingerprint density at radius 1 is 1.21 bits per heavy atom. The van der Waals surface area contributed by atoms with Gasteiger partial charge in [-0.15, -0.1) is 0 Å². The normalized spacial score (nSPS) is 19.6. The minimum atomic E-state index is -0.457. The summed E-state index contributed by atoms with van der Waals surface area (Å²) in [5.41, 5.74) is 2.45. The Morgan fingerprint density at radius 3 is 2.47 bits per heavy atom. The van der Waals surface area contributed by atoms with Crippen LogP contribution >= 0.6 is 0 Å². The van der Waals surface area contributed by atoms with Crippen molar-refractivity contribution in [2.24, 2.45) is 0 Å². The molecule has 1 N–H and O–H groups in total. The Balaban J connectivity index is 1.99. The van der Waals surface area contributed by atoms with Crippen LogP contribution in [0.4, 0.5) is 5.69 Å². The summed E-state index contributed by atoms with van der Waals surface area (Å²) in [4.78, 5) is 2.16. The molecule has 2 rings (SSSR count). The Bertz CT molecular complexity index is 408. The van der Waals surface area contributed by atoms with Crippen molar-refractivity contribution in [1.29, 1.82) is 0 Å². The molecule has 19 heavy (non-hydrogen) atoms. The molecule has 0 radical (unpaired) electrons. The zero-order valence-corrected chi connectivity index (χ0v) is 12.3. The van der Waals surface area contributed by atoms with Crippen LogP contribution < -0.4 is 5.32 Å². The van der Waals surface area contributed by atoms with Crippen LogP contribution in [-0.2, 0) is 16.0 Å². The van der Waals surface area contributed by atoms with Crippen LogP contribution in [-0.4, -0.2) is 44.0 Å². The average molecular weight is 264 g/mol. The standard InChI is InChI=1S/C15H24N2O2/c1-15(2)18-10-13(11-19-15)16-14-8-6-5-7-12(14)9-17(3)4/h5-8,13,16H,9-11H2,1-4H3. The first kappa shape index (κ1) is 14.3. The highest BCUT2D eigenvalue weighted by Gasteiger charge is 2.28. The van der Waals surface area contributed by atoms with Crippen LogP contribution in [0.3, 0.4) is 0 Å². The topological polar surface area (TPSA) is 33.7 Å². The zero-order valence-electron chi connectivity index (χ0n) is 12.3. The van der Waals surface area contributed by atoms with Gasteiger partial charge in [0.2, 0.25) is 0 Å². The van der Waals surface area contributed by atoms with Gasteiger partial charge in [0.25, 0.3) is 0 Å². The van der Waals surface area contributed by atoms with Gasteiger partial charge in [0, 0.05) is 12.2 Å². The van der Waals surface area contributed by atoms with E-state index in [1.165, 1.54) is 5.56 Å². The number of hydrogen-bond donors (Lipinski definition) is 1. The highest BCUT2D eigenvalue weighted by atomic mass is 16.7. The van der Waals surface area contributed by atoms with E-state index in [2.05, 4.69) is 48.6 Å². The maximum Gasteiger partial charge on any atom is 0.162 e. The van der Waals surface area contributed by atoms with E-state index in [-0.39, 0.29) is 6.04 Å². The predicted molar refractivity (Wildman–Crippen MR) is 77.2 cm³/mol. The summed E-state index contributed by atoms with van der Waals surface area (Å²) in [5.74, 6) is -0.457. The Labute approximate surface area is 115 Å². The van der Waals surface area contributed by atoms with Crippen molar-refractivity contribution in [1.82, 2.24) is 4.90 Å². The van der Waals surface area contributed by atoms with E-state index in [1.54, 1.807) is 0 Å². The van der Waals surface area contributed by atoms with Crippen LogP contribution in [0, 0.1) is 0 Å². The summed E-state index contributed by atoms with van der Waals surface area (Å²) in [6, 6.07) is 8.59. The van der Waals surface area contributed by atoms with Crippen LogP contribution in [0.1, 0.15) is 19.4 Å². The van der Waals surface area contributed by atoms with Crippen molar-refractivity contribution in [3.8, 4) is 0 Å². The van der Waals surface area contributed by atoms with Gasteiger partial charge >= 0.3 is 0 Å². The summed E-state index contributed by atoms with van der Waals surface area (Å²) in [5, 5.41) is 3.52. The summed E-state index contributed by atoms with van der Waals surface area (Å²) in [7, 11) is 4.15. The molecule has 0 aliphatic carbocycles. The quantitative estimate of drug-likeness (QED) is 0.905. The molecule has 0 amide bonds. The maximum atomic E-state index is 5.68. The third kappa shape index (κ3) is 4.20. The lowest BCUT2D eigenvalue weighted by molar-refractivity contribution is -0.247. The fourth-order valence-corrected chi connectivity index (χ4v) is 2.14. The lowest BCUT2D eigenvalue weighted by Gasteiger charge is -2.36. The van der Waals surface area contributed by atoms with E-state index in [0.717, 1.165) is 12.2 Å². The fraction of sp³-hybridized carbons (Fsp3) is 0.600. The van der Waals surface area contributed by atoms with E-state index in [9.17, 15) is 0 Å². The number of para-hydroxylation sites is 1. The van der Waals surface area contributed by atoms with Gasteiger partial charge in [-0.2, -0.15) is 0 Å². The molecule has 1 fully saturated rings. The van der Waals surface area contributed by atoms with Crippen molar-refractivity contribution in [3.05, 3.63) is 29.8 Å². The second-order valence-electron chi connectivity index (χ2n) is 5.76. The minimum Gasteiger partial charge on any atom is -0.377 e. The van der Waals surface area contributed by atoms with E-state index in [0.29, 0.717) is 13.2 Å². The molecule has 0 saturated carbocycles. The number of nitrogens with zero attached hydrogens (tertiary/aromatic N) is 1. The molecule has 1 saturated heterocycles. The molecule has 4 heteroatoms. The van der Waals surface area contributed by atoms with Gasteiger partial charge in [0.15, 0.2) is 5.79 Å². The molecular formula is C15H24N2O2. The number of rotatable bonds is 4. The molecule has 0 aromatic heterocycles. The molecule has 4 nitrogen and oxygen atoms in total. The summed E-state index contributed by atoms with van der Waals surface area (Å²) in [6.45, 7) is 6.15. The van der Waals surface area contributed by atoms with Crippen molar-refractivity contribution >= 4 is 5.69 Å². The Kier molecular flexibility index (Phi) is 4.45. The van der Waals surface area contributed by atoms with Crippen LogP contribution in [0.2, 0.25) is 0 Å². The number of ether oxygens (including phenoxy) is 2. The third-order valence-electron chi connectivity index (χ3n) is 3.13. The fourth-order valence-electron chi connectivity index (χ4n) is 2.14. The first-order valence-electron chi connectivity index (χ1n) is 6.73. The molecule has 1 aromatic carbocycles. The summed E-state index contributed by atoms with van der Waals surface area (Å²) in [6.07, 6.45) is 0. The second-order valence-corrected chi connectivity index (χ2v) is 5.76. The predicted octanol–water partition coefficient (Wildman–Crippen LogP) is 2.31. The zero-order chi connectivity index (χ0) is 13.9. The molecule has 1 aromatic rings. The van der Waals surface area contributed by atoms with Crippen LogP contribution in [0.5, 0.6) is 0 Å². The molecule has 1 aliphatic heterocycles. The summed E-state index contributed by atoms with van der Waals surface area (Å²) >= 11 is 0. The monoisotopic (exact) mass is 264 g/mol. The maximum absolute atomic E-state index is 5.68. The lowest BCUT2D eigenvalue weighted by Crippen LogP contribution is -2.45. The molecular weight excluding hydrogens is 240 g/mol. The van der Waals surface area contributed by atoms with Gasteiger partial charge in [-0.05, 0) is 39.6 Å². The molecule has 0 spiro atoms. The number of anilines is 1. The molecule has 0 unspecified atom stereocenters. The Morgan fingerprint density at radius 2 is 1.84 bits per heavy atom. The van der Waals surface area contributed by atoms with E-state index in [1.807, 2.05) is 13.8 Å². The highest BCUT2D eigenvalue weighted by Crippen LogP contribution is 2.22. The van der Waals surface area contributed by atoms with Gasteiger partial charge in [0.1, 0.15) is 0 Å². The number of hydrogen-bond acceptors (Lipinski definition) is 4. The van der Waals surface area contributed by atoms with E-state index in [4.69, 9.17) is 9.47 Å². The van der Waals surface area contributed by atoms with Gasteiger partial charge in [0.05, 0.1) is 19.3 Å². The first-order chi connectivity index (χ1) is 8.96. The van der Waals surface area contributed by atoms with Crippen LogP contribution in [0.15, 0.2) is 24.3 Å². The number of nitrogens with one attached hydrogen (secondary N) is 1. The minimum absolute atomic E-state index is 0.205. The molecule has 1 aliphatic rings. The van der Waals surface area contributed by atoms with Crippen molar-refractivity contribution in [2.45, 2.75) is 32.2 Å². The van der Waals surface area contributed by atoms with E-state index < -0.39 is 5.79 Å². The van der Waals surface area contributed by atoms with E-state index >= 15 is 0 Å².